The number of halogens is 1. The maximum absolute atomic E-state index is 10.9. The van der Waals surface area contributed by atoms with Gasteiger partial charge in [0.15, 0.2) is 5.65 Å². The molecule has 27 heavy (non-hydrogen) atoms. The predicted octanol–water partition coefficient (Wildman–Crippen LogP) is 4.35. The number of hydrogen-bond donors (Lipinski definition) is 1. The summed E-state index contributed by atoms with van der Waals surface area (Å²) in [4.78, 5) is 10.2. The van der Waals surface area contributed by atoms with E-state index in [0.29, 0.717) is 12.8 Å². The number of rotatable bonds is 3. The number of pyridine rings is 2. The highest BCUT2D eigenvalue weighted by atomic mass is 127. The number of fused-ring (bicyclic) bond motifs is 2. The molecule has 6 nitrogen and oxygen atoms in total. The molecule has 1 aliphatic carbocycles. The van der Waals surface area contributed by atoms with Crippen molar-refractivity contribution < 1.29 is 8.17 Å². The Balaban J connectivity index is 1.52. The largest absolute Gasteiger partial charge is 0.384 e. The van der Waals surface area contributed by atoms with Crippen molar-refractivity contribution >= 4 is 55.6 Å². The topological polar surface area (TPSA) is 73.1 Å². The Morgan fingerprint density at radius 2 is 2.11 bits per heavy atom. The van der Waals surface area contributed by atoms with Crippen LogP contribution in [0, 0.1) is 0 Å². The molecule has 4 aromatic heterocycles. The summed E-state index contributed by atoms with van der Waals surface area (Å²) in [6.07, 6.45) is 4.96. The molecule has 0 spiro atoms. The van der Waals surface area contributed by atoms with Crippen molar-refractivity contribution in [3.05, 3.63) is 41.5 Å². The number of aromatic nitrogens is 4. The monoisotopic (exact) mass is 492 g/mol. The fraction of sp³-hybridized carbons (Fsp3) is 0.316. The maximum atomic E-state index is 10.9. The first-order chi connectivity index (χ1) is 12.9. The molecule has 0 aliphatic heterocycles. The van der Waals surface area contributed by atoms with Gasteiger partial charge in [0.05, 0.1) is 21.5 Å². The molecule has 1 N–H and O–H groups in total. The molecule has 1 fully saturated rings. The van der Waals surface area contributed by atoms with E-state index in [1.165, 1.54) is 0 Å². The van der Waals surface area contributed by atoms with Crippen LogP contribution in [0.1, 0.15) is 24.6 Å². The molecular formula is C19H17IN4O2S. The Bertz CT molecular complexity index is 1180. The van der Waals surface area contributed by atoms with Crippen molar-refractivity contribution in [2.75, 3.05) is 0 Å². The van der Waals surface area contributed by atoms with Crippen molar-refractivity contribution in [1.29, 1.82) is 0 Å². The van der Waals surface area contributed by atoms with Crippen LogP contribution >= 0.6 is 34.3 Å². The van der Waals surface area contributed by atoms with Crippen LogP contribution < -0.4 is 0 Å². The van der Waals surface area contributed by atoms with Crippen molar-refractivity contribution in [2.24, 2.45) is 7.05 Å². The third-order valence-electron chi connectivity index (χ3n) is 5.12. The lowest BCUT2D eigenvalue weighted by atomic mass is 9.68. The van der Waals surface area contributed by atoms with Crippen LogP contribution in [0.2, 0.25) is 0 Å². The highest BCUT2D eigenvalue weighted by Gasteiger charge is 2.53. The minimum absolute atomic E-state index is 0.255. The third-order valence-corrected chi connectivity index (χ3v) is 7.47. The zero-order valence-corrected chi connectivity index (χ0v) is 17.8. The average molecular weight is 492 g/mol. The number of nitrogens with zero attached hydrogens (tertiary/aromatic N) is 4. The van der Waals surface area contributed by atoms with Gasteiger partial charge in [-0.3, -0.25) is 4.68 Å². The second kappa shape index (κ2) is 5.94. The zero-order valence-electron chi connectivity index (χ0n) is 14.8. The first-order valence-corrected chi connectivity index (χ1v) is 10.3. The van der Waals surface area contributed by atoms with Gasteiger partial charge in [-0.25, -0.2) is 9.97 Å². The quantitative estimate of drug-likeness (QED) is 0.431. The number of aliphatic hydroxyl groups is 1. The Morgan fingerprint density at radius 1 is 1.30 bits per heavy atom. The SMILES string of the molecule is Cn1cc2cc(-c3ccc4sc(C5(O)CC(C)(OI)C5)cc4n3)cnc2n1. The van der Waals surface area contributed by atoms with Gasteiger partial charge in [-0.05, 0) is 31.2 Å². The minimum atomic E-state index is -0.818. The smallest absolute Gasteiger partial charge is 0.181 e. The summed E-state index contributed by atoms with van der Waals surface area (Å²) in [7, 11) is 1.89. The van der Waals surface area contributed by atoms with Crippen LogP contribution in [0.4, 0.5) is 0 Å². The van der Waals surface area contributed by atoms with Gasteiger partial charge in [-0.1, -0.05) is 0 Å². The normalized spacial score (nSPS) is 25.2. The molecule has 0 saturated heterocycles. The Kier molecular flexibility index (Phi) is 3.84. The number of hydrogen-bond acceptors (Lipinski definition) is 6. The minimum Gasteiger partial charge on any atom is -0.384 e. The summed E-state index contributed by atoms with van der Waals surface area (Å²) < 4.78 is 8.29. The standard InChI is InChI=1S/C19H17IN4O2S/c1-18(26-20)9-19(25,10-18)16-6-14-15(27-16)4-3-13(22-14)11-5-12-8-24(2)23-17(12)21-7-11/h3-8,25H,9-10H2,1-2H3. The van der Waals surface area contributed by atoms with E-state index in [0.717, 1.165) is 37.4 Å². The second-order valence-electron chi connectivity index (χ2n) is 7.54. The van der Waals surface area contributed by atoms with Gasteiger partial charge in [0, 0.05) is 48.1 Å². The first kappa shape index (κ1) is 17.5. The zero-order chi connectivity index (χ0) is 18.8. The van der Waals surface area contributed by atoms with Crippen LogP contribution in [0.3, 0.4) is 0 Å². The number of thiophene rings is 1. The van der Waals surface area contributed by atoms with Gasteiger partial charge in [0.2, 0.25) is 0 Å². The maximum Gasteiger partial charge on any atom is 0.181 e. The molecule has 0 aromatic carbocycles. The summed E-state index contributed by atoms with van der Waals surface area (Å²) >= 11 is 3.52. The molecule has 0 amide bonds. The van der Waals surface area contributed by atoms with Gasteiger partial charge in [-0.15, -0.1) is 11.3 Å². The molecule has 1 aliphatic rings. The van der Waals surface area contributed by atoms with Crippen molar-refractivity contribution in [3.8, 4) is 11.3 Å². The van der Waals surface area contributed by atoms with Crippen LogP contribution in [-0.2, 0) is 15.7 Å². The van der Waals surface area contributed by atoms with E-state index >= 15 is 0 Å². The van der Waals surface area contributed by atoms with Crippen molar-refractivity contribution in [1.82, 2.24) is 19.7 Å². The lowest BCUT2D eigenvalue weighted by Gasteiger charge is -2.49. The van der Waals surface area contributed by atoms with Crippen LogP contribution in [0.15, 0.2) is 36.7 Å². The van der Waals surface area contributed by atoms with Gasteiger partial charge in [0.25, 0.3) is 0 Å². The summed E-state index contributed by atoms with van der Waals surface area (Å²) in [5.41, 5.74) is 2.38. The van der Waals surface area contributed by atoms with Gasteiger partial charge < -0.3 is 8.17 Å². The molecule has 4 heterocycles. The van der Waals surface area contributed by atoms with E-state index in [9.17, 15) is 5.11 Å². The van der Waals surface area contributed by atoms with Crippen molar-refractivity contribution in [3.63, 3.8) is 0 Å². The van der Waals surface area contributed by atoms with Gasteiger partial charge in [-0.2, -0.15) is 5.10 Å². The Morgan fingerprint density at radius 3 is 2.89 bits per heavy atom. The Hall–Kier alpha value is -1.62. The van der Waals surface area contributed by atoms with Crippen molar-refractivity contribution in [2.45, 2.75) is 31.0 Å². The molecule has 1 saturated carbocycles. The average Bonchev–Trinajstić information content (AvgIpc) is 3.21. The molecule has 0 bridgehead atoms. The van der Waals surface area contributed by atoms with Gasteiger partial charge >= 0.3 is 0 Å². The highest BCUT2D eigenvalue weighted by molar-refractivity contribution is 14.1. The molecule has 0 unspecified atom stereocenters. The van der Waals surface area contributed by atoms with E-state index in [1.807, 2.05) is 55.3 Å². The molecule has 0 atom stereocenters. The van der Waals surface area contributed by atoms with E-state index < -0.39 is 5.60 Å². The molecular weight excluding hydrogens is 475 g/mol. The van der Waals surface area contributed by atoms with E-state index in [1.54, 1.807) is 22.2 Å². The summed E-state index contributed by atoms with van der Waals surface area (Å²) in [6, 6.07) is 8.13. The van der Waals surface area contributed by atoms with Crippen LogP contribution in [0.25, 0.3) is 32.5 Å². The van der Waals surface area contributed by atoms with Crippen LogP contribution in [-0.4, -0.2) is 30.5 Å². The molecule has 5 rings (SSSR count). The fourth-order valence-corrected chi connectivity index (χ4v) is 5.30. The van der Waals surface area contributed by atoms with E-state index in [4.69, 9.17) is 8.05 Å². The lowest BCUT2D eigenvalue weighted by Crippen LogP contribution is -2.52. The van der Waals surface area contributed by atoms with Crippen LogP contribution in [0.5, 0.6) is 0 Å². The van der Waals surface area contributed by atoms with Gasteiger partial charge in [0.1, 0.15) is 28.6 Å². The molecule has 4 aromatic rings. The fourth-order valence-electron chi connectivity index (χ4n) is 3.90. The summed E-state index contributed by atoms with van der Waals surface area (Å²) in [5.74, 6) is 0. The first-order valence-electron chi connectivity index (χ1n) is 8.61. The third kappa shape index (κ3) is 2.86. The summed E-state index contributed by atoms with van der Waals surface area (Å²) in [6.45, 7) is 2.03. The van der Waals surface area contributed by atoms with E-state index in [-0.39, 0.29) is 5.60 Å². The molecule has 8 heteroatoms. The highest BCUT2D eigenvalue weighted by Crippen LogP contribution is 2.53. The molecule has 0 radical (unpaired) electrons. The predicted molar refractivity (Wildman–Crippen MR) is 114 cm³/mol. The van der Waals surface area contributed by atoms with E-state index in [2.05, 4.69) is 22.2 Å². The molecule has 138 valence electrons. The number of aryl methyl sites for hydroxylation is 1. The lowest BCUT2D eigenvalue weighted by molar-refractivity contribution is -0.146. The summed E-state index contributed by atoms with van der Waals surface area (Å²) in [5, 5.41) is 16.2. The Labute approximate surface area is 173 Å². The second-order valence-corrected chi connectivity index (χ2v) is 9.07.